The molecular formula is C25H24N4O4S. The van der Waals surface area contributed by atoms with Crippen LogP contribution in [0.15, 0.2) is 78.0 Å². The molecule has 0 saturated heterocycles. The Balaban J connectivity index is 1.60. The lowest BCUT2D eigenvalue weighted by Crippen LogP contribution is -2.15. The molecule has 3 aromatic carbocycles. The van der Waals surface area contributed by atoms with Crippen molar-refractivity contribution < 1.29 is 19.0 Å². The largest absolute Gasteiger partial charge is 0.497 e. The molecule has 0 bridgehead atoms. The monoisotopic (exact) mass is 476 g/mol. The summed E-state index contributed by atoms with van der Waals surface area (Å²) in [6.07, 6.45) is 0. The van der Waals surface area contributed by atoms with E-state index in [1.54, 1.807) is 39.5 Å². The van der Waals surface area contributed by atoms with E-state index in [-0.39, 0.29) is 11.7 Å². The Hall–Kier alpha value is -3.98. The van der Waals surface area contributed by atoms with Crippen LogP contribution in [0.2, 0.25) is 0 Å². The van der Waals surface area contributed by atoms with Gasteiger partial charge in [-0.25, -0.2) is 0 Å². The number of carbonyl (C=O) groups excluding carboxylic acids is 1. The van der Waals surface area contributed by atoms with E-state index in [1.165, 1.54) is 11.8 Å². The van der Waals surface area contributed by atoms with E-state index in [1.807, 2.05) is 59.2 Å². The van der Waals surface area contributed by atoms with Crippen LogP contribution in [-0.2, 0) is 4.79 Å². The Morgan fingerprint density at radius 1 is 0.882 bits per heavy atom. The predicted molar refractivity (Wildman–Crippen MR) is 132 cm³/mol. The number of anilines is 1. The van der Waals surface area contributed by atoms with Gasteiger partial charge >= 0.3 is 0 Å². The van der Waals surface area contributed by atoms with Crippen molar-refractivity contribution in [2.75, 3.05) is 32.4 Å². The first-order valence-corrected chi connectivity index (χ1v) is 11.4. The zero-order valence-corrected chi connectivity index (χ0v) is 19.8. The molecule has 0 radical (unpaired) electrons. The molecule has 0 saturated carbocycles. The molecule has 0 spiro atoms. The molecule has 0 aliphatic rings. The van der Waals surface area contributed by atoms with Crippen molar-refractivity contribution in [1.29, 1.82) is 0 Å². The maximum atomic E-state index is 12.8. The number of ether oxygens (including phenoxy) is 3. The van der Waals surface area contributed by atoms with Gasteiger partial charge in [-0.3, -0.25) is 9.36 Å². The molecule has 4 aromatic rings. The number of hydrogen-bond acceptors (Lipinski definition) is 7. The summed E-state index contributed by atoms with van der Waals surface area (Å²) in [7, 11) is 4.74. The number of nitrogens with zero attached hydrogens (tertiary/aromatic N) is 3. The first-order chi connectivity index (χ1) is 16.6. The minimum atomic E-state index is -0.204. The molecule has 9 heteroatoms. The summed E-state index contributed by atoms with van der Waals surface area (Å²) < 4.78 is 18.1. The summed E-state index contributed by atoms with van der Waals surface area (Å²) in [5.74, 6) is 2.41. The number of para-hydroxylation sites is 2. The van der Waals surface area contributed by atoms with Crippen molar-refractivity contribution in [2.24, 2.45) is 0 Å². The average Bonchev–Trinajstić information content (AvgIpc) is 3.32. The minimum absolute atomic E-state index is 0.122. The summed E-state index contributed by atoms with van der Waals surface area (Å²) in [6, 6.07) is 22.6. The molecule has 8 nitrogen and oxygen atoms in total. The third-order valence-corrected chi connectivity index (χ3v) is 5.94. The van der Waals surface area contributed by atoms with E-state index in [0.717, 1.165) is 11.3 Å². The van der Waals surface area contributed by atoms with E-state index in [4.69, 9.17) is 14.2 Å². The molecule has 174 valence electrons. The van der Waals surface area contributed by atoms with E-state index < -0.39 is 0 Å². The van der Waals surface area contributed by atoms with Crippen LogP contribution in [0, 0.1) is 0 Å². The maximum Gasteiger partial charge on any atom is 0.234 e. The molecular weight excluding hydrogens is 452 g/mol. The van der Waals surface area contributed by atoms with Gasteiger partial charge in [-0.1, -0.05) is 54.2 Å². The molecule has 34 heavy (non-hydrogen) atoms. The number of aromatic nitrogens is 3. The fourth-order valence-corrected chi connectivity index (χ4v) is 4.13. The number of amides is 1. The van der Waals surface area contributed by atoms with Gasteiger partial charge in [0, 0.05) is 11.6 Å². The van der Waals surface area contributed by atoms with Crippen LogP contribution in [0.5, 0.6) is 17.2 Å². The quantitative estimate of drug-likeness (QED) is 0.351. The van der Waals surface area contributed by atoms with Gasteiger partial charge in [-0.2, -0.15) is 0 Å². The number of benzene rings is 3. The Labute approximate surface area is 201 Å². The second-order valence-electron chi connectivity index (χ2n) is 7.08. The zero-order valence-electron chi connectivity index (χ0n) is 19.0. The van der Waals surface area contributed by atoms with Gasteiger partial charge in [-0.15, -0.1) is 10.2 Å². The third kappa shape index (κ3) is 4.99. The van der Waals surface area contributed by atoms with Crippen molar-refractivity contribution in [1.82, 2.24) is 14.8 Å². The molecule has 0 aliphatic carbocycles. The summed E-state index contributed by atoms with van der Waals surface area (Å²) >= 11 is 1.28. The zero-order chi connectivity index (χ0) is 23.9. The molecule has 0 fully saturated rings. The lowest BCUT2D eigenvalue weighted by Gasteiger charge is -2.14. The highest BCUT2D eigenvalue weighted by Crippen LogP contribution is 2.33. The van der Waals surface area contributed by atoms with Crippen LogP contribution in [0.3, 0.4) is 0 Å². The van der Waals surface area contributed by atoms with E-state index in [9.17, 15) is 4.79 Å². The molecule has 1 N–H and O–H groups in total. The molecule has 1 aromatic heterocycles. The number of nitrogens with one attached hydrogen (secondary N) is 1. The van der Waals surface area contributed by atoms with Crippen LogP contribution in [-0.4, -0.2) is 47.8 Å². The number of hydrogen-bond donors (Lipinski definition) is 1. The second kappa shape index (κ2) is 10.8. The van der Waals surface area contributed by atoms with Gasteiger partial charge in [0.15, 0.2) is 11.0 Å². The van der Waals surface area contributed by atoms with Crippen LogP contribution < -0.4 is 19.5 Å². The highest BCUT2D eigenvalue weighted by molar-refractivity contribution is 7.99. The molecule has 1 heterocycles. The normalized spacial score (nSPS) is 10.6. The van der Waals surface area contributed by atoms with E-state index in [2.05, 4.69) is 15.5 Å². The molecule has 0 atom stereocenters. The fraction of sp³-hybridized carbons (Fsp3) is 0.160. The Kier molecular flexibility index (Phi) is 7.34. The molecule has 1 amide bonds. The lowest BCUT2D eigenvalue weighted by molar-refractivity contribution is -0.113. The lowest BCUT2D eigenvalue weighted by atomic mass is 10.2. The first-order valence-electron chi connectivity index (χ1n) is 10.4. The Morgan fingerprint density at radius 2 is 1.62 bits per heavy atom. The van der Waals surface area contributed by atoms with Crippen molar-refractivity contribution in [3.63, 3.8) is 0 Å². The van der Waals surface area contributed by atoms with Gasteiger partial charge in [0.25, 0.3) is 0 Å². The topological polar surface area (TPSA) is 87.5 Å². The maximum absolute atomic E-state index is 12.8. The predicted octanol–water partition coefficient (Wildman–Crippen LogP) is 4.69. The summed E-state index contributed by atoms with van der Waals surface area (Å²) in [5, 5.41) is 12.2. The summed E-state index contributed by atoms with van der Waals surface area (Å²) in [5.41, 5.74) is 2.25. The van der Waals surface area contributed by atoms with Gasteiger partial charge in [0.1, 0.15) is 17.2 Å². The average molecular weight is 477 g/mol. The van der Waals surface area contributed by atoms with Crippen LogP contribution in [0.1, 0.15) is 0 Å². The minimum Gasteiger partial charge on any atom is -0.497 e. The number of methoxy groups -OCH3 is 3. The standard InChI is InChI=1S/C25H24N4O4S/c1-31-18-13-14-19(22(15-18)33-3)26-23(30)16-34-25-28-27-24(17-9-5-4-6-10-17)29(25)20-11-7-8-12-21(20)32-2/h4-15H,16H2,1-3H3,(H,26,30). The molecule has 0 aliphatic heterocycles. The van der Waals surface area contributed by atoms with Gasteiger partial charge < -0.3 is 19.5 Å². The number of thioether (sulfide) groups is 1. The van der Waals surface area contributed by atoms with E-state index in [0.29, 0.717) is 33.9 Å². The highest BCUT2D eigenvalue weighted by Gasteiger charge is 2.20. The van der Waals surface area contributed by atoms with Gasteiger partial charge in [0.05, 0.1) is 38.5 Å². The van der Waals surface area contributed by atoms with Crippen LogP contribution in [0.25, 0.3) is 17.1 Å². The third-order valence-electron chi connectivity index (χ3n) is 5.01. The Bertz CT molecular complexity index is 1280. The van der Waals surface area contributed by atoms with Crippen LogP contribution in [0.4, 0.5) is 5.69 Å². The van der Waals surface area contributed by atoms with E-state index >= 15 is 0 Å². The number of rotatable bonds is 9. The molecule has 0 unspecified atom stereocenters. The highest BCUT2D eigenvalue weighted by atomic mass is 32.2. The smallest absolute Gasteiger partial charge is 0.234 e. The number of carbonyl (C=O) groups is 1. The van der Waals surface area contributed by atoms with Gasteiger partial charge in [0.2, 0.25) is 5.91 Å². The van der Waals surface area contributed by atoms with Crippen molar-refractivity contribution in [2.45, 2.75) is 5.16 Å². The van der Waals surface area contributed by atoms with Crippen molar-refractivity contribution in [3.8, 4) is 34.3 Å². The molecule has 4 rings (SSSR count). The van der Waals surface area contributed by atoms with Crippen LogP contribution >= 0.6 is 11.8 Å². The van der Waals surface area contributed by atoms with Gasteiger partial charge in [-0.05, 0) is 24.3 Å². The fourth-order valence-electron chi connectivity index (χ4n) is 3.39. The SMILES string of the molecule is COc1ccc(NC(=O)CSc2nnc(-c3ccccc3)n2-c2ccccc2OC)c(OC)c1. The second-order valence-corrected chi connectivity index (χ2v) is 8.03. The first kappa shape index (κ1) is 23.2. The van der Waals surface area contributed by atoms with Crippen molar-refractivity contribution >= 4 is 23.4 Å². The van der Waals surface area contributed by atoms with Crippen molar-refractivity contribution in [3.05, 3.63) is 72.8 Å². The summed E-state index contributed by atoms with van der Waals surface area (Å²) in [4.78, 5) is 12.8. The Morgan fingerprint density at radius 3 is 2.35 bits per heavy atom. The summed E-state index contributed by atoms with van der Waals surface area (Å²) in [6.45, 7) is 0.